The van der Waals surface area contributed by atoms with Crippen molar-refractivity contribution in [2.45, 2.75) is 44.4 Å². The molecule has 0 atom stereocenters. The molecular formula is C27H39N3O4S. The zero-order valence-corrected chi connectivity index (χ0v) is 22.3. The molecule has 3 rings (SSSR count). The number of piperazine rings is 1. The van der Waals surface area contributed by atoms with Crippen molar-refractivity contribution in [3.05, 3.63) is 48.0 Å². The summed E-state index contributed by atoms with van der Waals surface area (Å²) in [4.78, 5) is 19.7. The molecule has 192 valence electrons. The van der Waals surface area contributed by atoms with Crippen molar-refractivity contribution < 1.29 is 17.9 Å². The Morgan fingerprint density at radius 1 is 0.971 bits per heavy atom. The summed E-state index contributed by atoms with van der Waals surface area (Å²) in [6.45, 7) is 8.63. The van der Waals surface area contributed by atoms with Gasteiger partial charge in [-0.25, -0.2) is 8.42 Å². The van der Waals surface area contributed by atoms with E-state index >= 15 is 0 Å². The Balaban J connectivity index is 2.16. The molecule has 0 aromatic heterocycles. The highest BCUT2D eigenvalue weighted by molar-refractivity contribution is 7.90. The van der Waals surface area contributed by atoms with Crippen LogP contribution in [0.25, 0.3) is 0 Å². The van der Waals surface area contributed by atoms with Crippen molar-refractivity contribution in [1.29, 1.82) is 0 Å². The highest BCUT2D eigenvalue weighted by Gasteiger charge is 2.28. The maximum atomic E-state index is 13.5. The summed E-state index contributed by atoms with van der Waals surface area (Å²) >= 11 is 0. The molecule has 8 heteroatoms. The van der Waals surface area contributed by atoms with E-state index in [0.717, 1.165) is 51.9 Å². The predicted molar refractivity (Wildman–Crippen MR) is 141 cm³/mol. The van der Waals surface area contributed by atoms with E-state index in [1.165, 1.54) is 12.3 Å². The van der Waals surface area contributed by atoms with Gasteiger partial charge < -0.3 is 19.4 Å². The van der Waals surface area contributed by atoms with Gasteiger partial charge in [0.15, 0.2) is 15.6 Å². The minimum atomic E-state index is -3.68. The maximum absolute atomic E-state index is 13.5. The number of unbranched alkanes of at least 4 members (excludes halogenated alkanes) is 2. The van der Waals surface area contributed by atoms with E-state index in [9.17, 15) is 13.2 Å². The molecule has 0 N–H and O–H groups in total. The molecule has 1 saturated heterocycles. The minimum absolute atomic E-state index is 0.0503. The average molecular weight is 502 g/mol. The van der Waals surface area contributed by atoms with Crippen LogP contribution < -0.4 is 9.64 Å². The molecule has 0 radical (unpaired) electrons. The summed E-state index contributed by atoms with van der Waals surface area (Å²) in [5, 5.41) is 0. The number of carbonyl (C=O) groups excluding carboxylic acids is 1. The molecule has 7 nitrogen and oxygen atoms in total. The molecule has 1 aliphatic heterocycles. The van der Waals surface area contributed by atoms with Crippen LogP contribution in [0.1, 0.15) is 49.9 Å². The van der Waals surface area contributed by atoms with Crippen LogP contribution in [0.5, 0.6) is 11.5 Å². The first-order valence-electron chi connectivity index (χ1n) is 12.6. The highest BCUT2D eigenvalue weighted by atomic mass is 32.2. The largest absolute Gasteiger partial charge is 0.454 e. The minimum Gasteiger partial charge on any atom is -0.454 e. The number of para-hydroxylation sites is 1. The zero-order valence-electron chi connectivity index (χ0n) is 21.5. The van der Waals surface area contributed by atoms with Gasteiger partial charge in [0.05, 0.1) is 5.69 Å². The number of hydrogen-bond acceptors (Lipinski definition) is 6. The summed E-state index contributed by atoms with van der Waals surface area (Å²) in [6, 6.07) is 12.5. The normalized spacial score (nSPS) is 14.7. The Bertz CT molecular complexity index is 1070. The van der Waals surface area contributed by atoms with Gasteiger partial charge in [0.1, 0.15) is 10.6 Å². The topological polar surface area (TPSA) is 70.2 Å². The van der Waals surface area contributed by atoms with Gasteiger partial charge in [0, 0.05) is 51.1 Å². The first kappa shape index (κ1) is 27.0. The van der Waals surface area contributed by atoms with E-state index in [0.29, 0.717) is 35.8 Å². The van der Waals surface area contributed by atoms with Crippen LogP contribution >= 0.6 is 0 Å². The zero-order chi connectivity index (χ0) is 25.4. The molecule has 1 heterocycles. The lowest BCUT2D eigenvalue weighted by Gasteiger charge is -2.33. The number of amides is 1. The summed E-state index contributed by atoms with van der Waals surface area (Å²) < 4.78 is 32.3. The van der Waals surface area contributed by atoms with Crippen molar-refractivity contribution in [2.75, 3.05) is 57.5 Å². The number of anilines is 1. The Labute approximate surface area is 210 Å². The maximum Gasteiger partial charge on any atom is 0.254 e. The third kappa shape index (κ3) is 7.21. The van der Waals surface area contributed by atoms with E-state index in [1.54, 1.807) is 0 Å². The number of rotatable bonds is 11. The molecule has 1 aliphatic rings. The van der Waals surface area contributed by atoms with Crippen molar-refractivity contribution >= 4 is 21.4 Å². The smallest absolute Gasteiger partial charge is 0.254 e. The van der Waals surface area contributed by atoms with Crippen LogP contribution in [0, 0.1) is 0 Å². The second kappa shape index (κ2) is 12.4. The summed E-state index contributed by atoms with van der Waals surface area (Å²) in [7, 11) is -1.64. The lowest BCUT2D eigenvalue weighted by atomic mass is 10.1. The quantitative estimate of drug-likeness (QED) is 0.445. The lowest BCUT2D eigenvalue weighted by Crippen LogP contribution is -2.47. The van der Waals surface area contributed by atoms with Crippen LogP contribution in [0.2, 0.25) is 0 Å². The number of sulfone groups is 1. The third-order valence-corrected chi connectivity index (χ3v) is 7.44. The van der Waals surface area contributed by atoms with Gasteiger partial charge in [-0.05, 0) is 44.2 Å². The lowest BCUT2D eigenvalue weighted by molar-refractivity contribution is 0.0664. The number of ether oxygens (including phenoxy) is 1. The van der Waals surface area contributed by atoms with Gasteiger partial charge in [-0.1, -0.05) is 44.9 Å². The van der Waals surface area contributed by atoms with Crippen molar-refractivity contribution in [1.82, 2.24) is 9.80 Å². The molecule has 2 aromatic rings. The fourth-order valence-electron chi connectivity index (χ4n) is 4.17. The fraction of sp³-hybridized carbons (Fsp3) is 0.519. The Hall–Kier alpha value is -2.58. The van der Waals surface area contributed by atoms with E-state index < -0.39 is 9.84 Å². The van der Waals surface area contributed by atoms with Crippen LogP contribution in [0.3, 0.4) is 0 Å². The van der Waals surface area contributed by atoms with Crippen LogP contribution in [-0.2, 0) is 9.84 Å². The SMILES string of the molecule is CCCCN(CCCC)c1cc(C(=O)N2CCN(C)CC2)cc(S(C)(=O)=O)c1Oc1ccccc1. The number of nitrogens with zero attached hydrogens (tertiary/aromatic N) is 3. The van der Waals surface area contributed by atoms with Crippen molar-refractivity contribution in [2.24, 2.45) is 0 Å². The molecule has 1 fully saturated rings. The molecule has 0 bridgehead atoms. The van der Waals surface area contributed by atoms with Gasteiger partial charge in [-0.2, -0.15) is 0 Å². The Morgan fingerprint density at radius 3 is 2.11 bits per heavy atom. The predicted octanol–water partition coefficient (Wildman–Crippen LogP) is 4.68. The highest BCUT2D eigenvalue weighted by Crippen LogP contribution is 2.40. The second-order valence-electron chi connectivity index (χ2n) is 9.30. The number of carbonyl (C=O) groups is 1. The van der Waals surface area contributed by atoms with Gasteiger partial charge in [-0.15, -0.1) is 0 Å². The molecule has 0 aliphatic carbocycles. The molecule has 0 unspecified atom stereocenters. The summed E-state index contributed by atoms with van der Waals surface area (Å²) in [5.41, 5.74) is 1.06. The number of likely N-dealkylation sites (N-methyl/N-ethyl adjacent to an activating group) is 1. The fourth-order valence-corrected chi connectivity index (χ4v) is 5.00. The van der Waals surface area contributed by atoms with Gasteiger partial charge in [-0.3, -0.25) is 4.79 Å². The molecule has 2 aromatic carbocycles. The van der Waals surface area contributed by atoms with Crippen molar-refractivity contribution in [3.8, 4) is 11.5 Å². The Morgan fingerprint density at radius 2 is 1.57 bits per heavy atom. The Kier molecular flexibility index (Phi) is 9.57. The number of hydrogen-bond donors (Lipinski definition) is 0. The summed E-state index contributed by atoms with van der Waals surface area (Å²) in [5.74, 6) is 0.713. The van der Waals surface area contributed by atoms with E-state index in [-0.39, 0.29) is 10.8 Å². The van der Waals surface area contributed by atoms with Gasteiger partial charge >= 0.3 is 0 Å². The third-order valence-electron chi connectivity index (χ3n) is 6.34. The van der Waals surface area contributed by atoms with E-state index in [2.05, 4.69) is 23.6 Å². The molecular weight excluding hydrogens is 462 g/mol. The van der Waals surface area contributed by atoms with Crippen LogP contribution in [0.15, 0.2) is 47.4 Å². The van der Waals surface area contributed by atoms with Gasteiger partial charge in [0.2, 0.25) is 0 Å². The number of benzene rings is 2. The first-order chi connectivity index (χ1) is 16.7. The molecule has 0 saturated carbocycles. The standard InChI is InChI=1S/C27H39N3O4S/c1-5-7-14-29(15-8-6-2)24-20-22(27(31)30-18-16-28(3)17-19-30)21-25(35(4,32)33)26(24)34-23-12-10-9-11-13-23/h9-13,20-21H,5-8,14-19H2,1-4H3. The van der Waals surface area contributed by atoms with Gasteiger partial charge in [0.25, 0.3) is 5.91 Å². The molecule has 35 heavy (non-hydrogen) atoms. The monoisotopic (exact) mass is 501 g/mol. The molecule has 0 spiro atoms. The van der Waals surface area contributed by atoms with Crippen molar-refractivity contribution in [3.63, 3.8) is 0 Å². The van der Waals surface area contributed by atoms with E-state index in [4.69, 9.17) is 4.74 Å². The average Bonchev–Trinajstić information content (AvgIpc) is 2.84. The molecule has 1 amide bonds. The summed E-state index contributed by atoms with van der Waals surface area (Å²) in [6.07, 6.45) is 5.11. The van der Waals surface area contributed by atoms with Crippen LogP contribution in [0.4, 0.5) is 5.69 Å². The first-order valence-corrected chi connectivity index (χ1v) is 14.5. The van der Waals surface area contributed by atoms with E-state index in [1.807, 2.05) is 48.3 Å². The van der Waals surface area contributed by atoms with Crippen LogP contribution in [-0.4, -0.2) is 76.7 Å². The second-order valence-corrected chi connectivity index (χ2v) is 11.3.